The molecule has 0 aromatic heterocycles. The Morgan fingerprint density at radius 1 is 1.05 bits per heavy atom. The van der Waals surface area contributed by atoms with Gasteiger partial charge < -0.3 is 10.4 Å². The quantitative estimate of drug-likeness (QED) is 0.799. The number of amides is 1. The van der Waals surface area contributed by atoms with Crippen molar-refractivity contribution in [3.05, 3.63) is 0 Å². The van der Waals surface area contributed by atoms with Crippen molar-refractivity contribution in [3.63, 3.8) is 0 Å². The van der Waals surface area contributed by atoms with E-state index in [1.807, 2.05) is 0 Å². The molecule has 0 aromatic rings. The van der Waals surface area contributed by atoms with Crippen LogP contribution in [-0.4, -0.2) is 23.5 Å². The lowest BCUT2D eigenvalue weighted by atomic mass is 9.73. The molecule has 3 rings (SSSR count). The van der Waals surface area contributed by atoms with Crippen LogP contribution in [0.4, 0.5) is 0 Å². The monoisotopic (exact) mass is 265 g/mol. The van der Waals surface area contributed by atoms with E-state index < -0.39 is 11.9 Å². The Balaban J connectivity index is 1.38. The molecule has 0 spiro atoms. The highest BCUT2D eigenvalue weighted by atomic mass is 16.4. The van der Waals surface area contributed by atoms with Gasteiger partial charge in [0.1, 0.15) is 0 Å². The highest BCUT2D eigenvalue weighted by molar-refractivity contribution is 5.86. The van der Waals surface area contributed by atoms with E-state index in [2.05, 4.69) is 5.32 Å². The molecule has 3 aliphatic carbocycles. The minimum atomic E-state index is -0.820. The van der Waals surface area contributed by atoms with Crippen molar-refractivity contribution < 1.29 is 14.7 Å². The van der Waals surface area contributed by atoms with Gasteiger partial charge in [-0.3, -0.25) is 9.59 Å². The molecule has 0 heterocycles. The van der Waals surface area contributed by atoms with Crippen molar-refractivity contribution in [2.75, 3.05) is 6.54 Å². The largest absolute Gasteiger partial charge is 0.481 e. The lowest BCUT2D eigenvalue weighted by Gasteiger charge is -2.32. The smallest absolute Gasteiger partial charge is 0.307 e. The van der Waals surface area contributed by atoms with Gasteiger partial charge in [-0.05, 0) is 56.3 Å². The summed E-state index contributed by atoms with van der Waals surface area (Å²) in [5, 5.41) is 11.9. The van der Waals surface area contributed by atoms with Gasteiger partial charge in [0.25, 0.3) is 0 Å². The minimum Gasteiger partial charge on any atom is -0.481 e. The van der Waals surface area contributed by atoms with Crippen molar-refractivity contribution in [3.8, 4) is 0 Å². The van der Waals surface area contributed by atoms with Crippen molar-refractivity contribution >= 4 is 11.9 Å². The van der Waals surface area contributed by atoms with E-state index in [1.54, 1.807) is 0 Å². The molecule has 4 heteroatoms. The fourth-order valence-electron chi connectivity index (χ4n) is 4.35. The van der Waals surface area contributed by atoms with Crippen LogP contribution in [-0.2, 0) is 9.59 Å². The van der Waals surface area contributed by atoms with Gasteiger partial charge in [0.05, 0.1) is 11.8 Å². The molecule has 3 aliphatic rings. The second-order valence-electron chi connectivity index (χ2n) is 6.64. The molecule has 2 N–H and O–H groups in total. The first-order valence-electron chi connectivity index (χ1n) is 7.65. The van der Waals surface area contributed by atoms with Crippen LogP contribution in [0.3, 0.4) is 0 Å². The molecule has 0 aromatic carbocycles. The maximum absolute atomic E-state index is 11.9. The molecule has 106 valence electrons. The molecular weight excluding hydrogens is 242 g/mol. The van der Waals surface area contributed by atoms with Crippen LogP contribution < -0.4 is 5.32 Å². The van der Waals surface area contributed by atoms with Crippen LogP contribution in [0, 0.1) is 29.6 Å². The van der Waals surface area contributed by atoms with Gasteiger partial charge >= 0.3 is 5.97 Å². The van der Waals surface area contributed by atoms with Crippen molar-refractivity contribution in [2.24, 2.45) is 29.6 Å². The maximum Gasteiger partial charge on any atom is 0.307 e. The summed E-state index contributed by atoms with van der Waals surface area (Å²) in [7, 11) is 0. The van der Waals surface area contributed by atoms with Crippen LogP contribution in [0.1, 0.15) is 44.9 Å². The second-order valence-corrected chi connectivity index (χ2v) is 6.64. The molecular formula is C15H23NO3. The van der Waals surface area contributed by atoms with Gasteiger partial charge in [-0.2, -0.15) is 0 Å². The predicted molar refractivity (Wildman–Crippen MR) is 70.4 cm³/mol. The van der Waals surface area contributed by atoms with Crippen molar-refractivity contribution in [1.82, 2.24) is 5.32 Å². The molecule has 2 bridgehead atoms. The topological polar surface area (TPSA) is 66.4 Å². The van der Waals surface area contributed by atoms with Crippen LogP contribution >= 0.6 is 0 Å². The van der Waals surface area contributed by atoms with Gasteiger partial charge in [-0.15, -0.1) is 0 Å². The first-order chi connectivity index (χ1) is 9.15. The fourth-order valence-corrected chi connectivity index (χ4v) is 4.35. The molecule has 3 fully saturated rings. The van der Waals surface area contributed by atoms with Gasteiger partial charge in [-0.1, -0.05) is 6.42 Å². The summed E-state index contributed by atoms with van der Waals surface area (Å²) in [5.74, 6) is 1.07. The van der Waals surface area contributed by atoms with Crippen LogP contribution in [0.15, 0.2) is 0 Å². The standard InChI is InChI=1S/C15H23NO3/c17-14(12-3-4-13(12)15(18)19)16-6-5-11-8-9-1-2-10(11)7-9/h9-13H,1-8H2,(H,16,17)(H,18,19). The van der Waals surface area contributed by atoms with E-state index in [9.17, 15) is 9.59 Å². The number of fused-ring (bicyclic) bond motifs is 2. The summed E-state index contributed by atoms with van der Waals surface area (Å²) < 4.78 is 0. The fraction of sp³-hybridized carbons (Fsp3) is 0.867. The second kappa shape index (κ2) is 5.14. The van der Waals surface area contributed by atoms with E-state index in [0.717, 1.165) is 37.1 Å². The Morgan fingerprint density at radius 2 is 1.84 bits per heavy atom. The first-order valence-corrected chi connectivity index (χ1v) is 7.65. The number of carbonyl (C=O) groups is 2. The number of nitrogens with one attached hydrogen (secondary N) is 1. The Morgan fingerprint density at radius 3 is 2.37 bits per heavy atom. The van der Waals surface area contributed by atoms with Gasteiger partial charge in [-0.25, -0.2) is 0 Å². The number of hydrogen-bond donors (Lipinski definition) is 2. The zero-order chi connectivity index (χ0) is 13.4. The Hall–Kier alpha value is -1.06. The number of aliphatic carboxylic acids is 1. The summed E-state index contributed by atoms with van der Waals surface area (Å²) in [6.45, 7) is 0.732. The molecule has 5 atom stereocenters. The summed E-state index contributed by atoms with van der Waals surface area (Å²) >= 11 is 0. The summed E-state index contributed by atoms with van der Waals surface area (Å²) in [6.07, 6.45) is 8.01. The highest BCUT2D eigenvalue weighted by Crippen LogP contribution is 2.49. The minimum absolute atomic E-state index is 0.0400. The summed E-state index contributed by atoms with van der Waals surface area (Å²) in [6, 6.07) is 0. The van der Waals surface area contributed by atoms with Crippen molar-refractivity contribution in [2.45, 2.75) is 44.9 Å². The Bertz CT molecular complexity index is 382. The van der Waals surface area contributed by atoms with Crippen molar-refractivity contribution in [1.29, 1.82) is 0 Å². The zero-order valence-electron chi connectivity index (χ0n) is 11.3. The number of rotatable bonds is 5. The van der Waals surface area contributed by atoms with E-state index >= 15 is 0 Å². The third-order valence-electron chi connectivity index (χ3n) is 5.63. The normalized spacial score (nSPS) is 39.9. The molecule has 19 heavy (non-hydrogen) atoms. The lowest BCUT2D eigenvalue weighted by Crippen LogP contribution is -2.44. The van der Waals surface area contributed by atoms with Gasteiger partial charge in [0.2, 0.25) is 5.91 Å². The SMILES string of the molecule is O=C(O)C1CCC1C(=O)NCCC1CC2CCC1C2. The summed E-state index contributed by atoms with van der Waals surface area (Å²) in [5.41, 5.74) is 0. The third-order valence-corrected chi connectivity index (χ3v) is 5.63. The van der Waals surface area contributed by atoms with Crippen LogP contribution in [0.2, 0.25) is 0 Å². The van der Waals surface area contributed by atoms with Crippen LogP contribution in [0.25, 0.3) is 0 Å². The Kier molecular flexibility index (Phi) is 3.50. The zero-order valence-corrected chi connectivity index (χ0v) is 11.3. The number of carboxylic acid groups (broad SMARTS) is 1. The van der Waals surface area contributed by atoms with Gasteiger partial charge in [0, 0.05) is 6.54 Å². The van der Waals surface area contributed by atoms with E-state index in [1.165, 1.54) is 25.7 Å². The number of carboxylic acids is 1. The average Bonchev–Trinajstić information content (AvgIpc) is 2.88. The lowest BCUT2D eigenvalue weighted by molar-refractivity contribution is -0.152. The van der Waals surface area contributed by atoms with E-state index in [0.29, 0.717) is 6.42 Å². The molecule has 4 nitrogen and oxygen atoms in total. The molecule has 5 unspecified atom stereocenters. The molecule has 0 aliphatic heterocycles. The van der Waals surface area contributed by atoms with Crippen LogP contribution in [0.5, 0.6) is 0 Å². The van der Waals surface area contributed by atoms with E-state index in [4.69, 9.17) is 5.11 Å². The molecule has 3 saturated carbocycles. The van der Waals surface area contributed by atoms with Gasteiger partial charge in [0.15, 0.2) is 0 Å². The Labute approximate surface area is 113 Å². The maximum atomic E-state index is 11.9. The third kappa shape index (κ3) is 2.49. The molecule has 1 amide bonds. The van der Waals surface area contributed by atoms with E-state index in [-0.39, 0.29) is 11.8 Å². The number of carbonyl (C=O) groups excluding carboxylic acids is 1. The molecule has 0 radical (unpaired) electrons. The average molecular weight is 265 g/mol. The predicted octanol–water partition coefficient (Wildman–Crippen LogP) is 2.04. The first kappa shape index (κ1) is 12.9. The summed E-state index contributed by atoms with van der Waals surface area (Å²) in [4.78, 5) is 22.8. The molecule has 0 saturated heterocycles. The number of hydrogen-bond acceptors (Lipinski definition) is 2. The highest BCUT2D eigenvalue weighted by Gasteiger charge is 2.42.